The van der Waals surface area contributed by atoms with Gasteiger partial charge in [-0.1, -0.05) is 140 Å². The minimum absolute atomic E-state index is 1.12. The minimum atomic E-state index is 1.12. The predicted molar refractivity (Wildman–Crippen MR) is 223 cm³/mol. The number of rotatable bonds is 5. The normalized spacial score (nSPS) is 11.8. The van der Waals surface area contributed by atoms with E-state index in [-0.39, 0.29) is 0 Å². The van der Waals surface area contributed by atoms with E-state index < -0.39 is 0 Å². The molecule has 0 unspecified atom stereocenters. The summed E-state index contributed by atoms with van der Waals surface area (Å²) >= 11 is 0. The number of aromatic nitrogens is 3. The number of benzene rings is 8. The number of para-hydroxylation sites is 3. The second kappa shape index (κ2) is 11.7. The SMILES string of the molecule is c1ccc(-c2cc(-n3c4ccccc4c4ccc(-c5ccccc5)cc43)cc(-n3c4ccccc4c4ccc5ccn(-c6ccccc6)c5c43)c2)cc1. The van der Waals surface area contributed by atoms with Gasteiger partial charge >= 0.3 is 0 Å². The topological polar surface area (TPSA) is 14.8 Å². The van der Waals surface area contributed by atoms with Gasteiger partial charge in [0.25, 0.3) is 0 Å². The summed E-state index contributed by atoms with van der Waals surface area (Å²) in [6.07, 6.45) is 2.20. The van der Waals surface area contributed by atoms with Crippen molar-refractivity contribution in [3.63, 3.8) is 0 Å². The molecule has 0 radical (unpaired) electrons. The van der Waals surface area contributed by atoms with Crippen LogP contribution in [0.4, 0.5) is 0 Å². The molecule has 53 heavy (non-hydrogen) atoms. The molecule has 3 heteroatoms. The van der Waals surface area contributed by atoms with Crippen molar-refractivity contribution in [2.75, 3.05) is 0 Å². The van der Waals surface area contributed by atoms with E-state index in [2.05, 4.69) is 214 Å². The standard InChI is InChI=1S/C50H33N3/c1-4-14-34(15-5-1)37-25-26-44-42-20-10-12-22-46(42)52(48(44)32-37)40-30-38(35-16-6-2-7-17-35)31-41(33-40)53-47-23-13-11-21-43(47)45-27-24-36-28-29-51(49(36)50(45)53)39-18-8-3-9-19-39/h1-33H. The number of nitrogens with zero attached hydrogens (tertiary/aromatic N) is 3. The Kier molecular flexibility index (Phi) is 6.55. The maximum Gasteiger partial charge on any atom is 0.0788 e. The summed E-state index contributed by atoms with van der Waals surface area (Å²) in [6, 6.07) is 70.6. The highest BCUT2D eigenvalue weighted by molar-refractivity contribution is 6.18. The smallest absolute Gasteiger partial charge is 0.0788 e. The fraction of sp³-hybridized carbons (Fsp3) is 0. The second-order valence-electron chi connectivity index (χ2n) is 13.8. The molecule has 0 amide bonds. The summed E-state index contributed by atoms with van der Waals surface area (Å²) in [5.74, 6) is 0. The summed E-state index contributed by atoms with van der Waals surface area (Å²) in [7, 11) is 0. The number of fused-ring (bicyclic) bond motifs is 8. The van der Waals surface area contributed by atoms with Gasteiger partial charge < -0.3 is 13.7 Å². The van der Waals surface area contributed by atoms with Gasteiger partial charge in [0.15, 0.2) is 0 Å². The third-order valence-electron chi connectivity index (χ3n) is 10.8. The molecule has 0 aliphatic carbocycles. The zero-order valence-electron chi connectivity index (χ0n) is 28.9. The third kappa shape index (κ3) is 4.61. The van der Waals surface area contributed by atoms with Crippen LogP contribution in [0.2, 0.25) is 0 Å². The van der Waals surface area contributed by atoms with Crippen molar-refractivity contribution in [2.24, 2.45) is 0 Å². The van der Waals surface area contributed by atoms with Crippen LogP contribution >= 0.6 is 0 Å². The Bertz CT molecular complexity index is 3150. The van der Waals surface area contributed by atoms with E-state index in [1.54, 1.807) is 0 Å². The molecule has 0 aliphatic heterocycles. The first-order valence-corrected chi connectivity index (χ1v) is 18.2. The molecular weight excluding hydrogens is 643 g/mol. The molecule has 0 saturated carbocycles. The van der Waals surface area contributed by atoms with Crippen molar-refractivity contribution in [3.05, 3.63) is 200 Å². The minimum Gasteiger partial charge on any atom is -0.315 e. The fourth-order valence-electron chi connectivity index (χ4n) is 8.45. The molecule has 11 rings (SSSR count). The van der Waals surface area contributed by atoms with Crippen LogP contribution in [0.3, 0.4) is 0 Å². The molecule has 0 bridgehead atoms. The molecular formula is C50H33N3. The fourth-order valence-corrected chi connectivity index (χ4v) is 8.45. The lowest BCUT2D eigenvalue weighted by molar-refractivity contribution is 1.11. The van der Waals surface area contributed by atoms with Crippen LogP contribution in [0.5, 0.6) is 0 Å². The van der Waals surface area contributed by atoms with E-state index in [0.29, 0.717) is 0 Å². The summed E-state index contributed by atoms with van der Waals surface area (Å²) in [5, 5.41) is 6.17. The Morgan fingerprint density at radius 1 is 0.283 bits per heavy atom. The van der Waals surface area contributed by atoms with Crippen LogP contribution in [0.15, 0.2) is 200 Å². The van der Waals surface area contributed by atoms with Crippen molar-refractivity contribution in [2.45, 2.75) is 0 Å². The number of hydrogen-bond donors (Lipinski definition) is 0. The van der Waals surface area contributed by atoms with Gasteiger partial charge in [-0.25, -0.2) is 0 Å². The zero-order chi connectivity index (χ0) is 34.9. The highest BCUT2D eigenvalue weighted by atomic mass is 15.0. The molecule has 0 atom stereocenters. The van der Waals surface area contributed by atoms with Gasteiger partial charge in [-0.3, -0.25) is 0 Å². The molecule has 0 aliphatic rings. The van der Waals surface area contributed by atoms with Gasteiger partial charge in [-0.2, -0.15) is 0 Å². The van der Waals surface area contributed by atoms with Crippen molar-refractivity contribution in [1.29, 1.82) is 0 Å². The second-order valence-corrected chi connectivity index (χ2v) is 13.8. The Labute approximate surface area is 306 Å². The molecule has 11 aromatic rings. The number of hydrogen-bond acceptors (Lipinski definition) is 0. The van der Waals surface area contributed by atoms with Crippen LogP contribution < -0.4 is 0 Å². The van der Waals surface area contributed by atoms with Crippen molar-refractivity contribution >= 4 is 54.5 Å². The van der Waals surface area contributed by atoms with Gasteiger partial charge in [-0.05, 0) is 76.9 Å². The predicted octanol–water partition coefficient (Wildman–Crippen LogP) is 13.2. The van der Waals surface area contributed by atoms with E-state index >= 15 is 0 Å². The van der Waals surface area contributed by atoms with E-state index in [1.165, 1.54) is 76.8 Å². The zero-order valence-corrected chi connectivity index (χ0v) is 28.9. The molecule has 8 aromatic carbocycles. The van der Waals surface area contributed by atoms with Gasteiger partial charge in [-0.15, -0.1) is 0 Å². The van der Waals surface area contributed by atoms with Gasteiger partial charge in [0.2, 0.25) is 0 Å². The third-order valence-corrected chi connectivity index (χ3v) is 10.8. The van der Waals surface area contributed by atoms with Crippen molar-refractivity contribution in [3.8, 4) is 39.3 Å². The molecule has 3 nitrogen and oxygen atoms in total. The van der Waals surface area contributed by atoms with E-state index in [4.69, 9.17) is 0 Å². The Morgan fingerprint density at radius 2 is 0.830 bits per heavy atom. The monoisotopic (exact) mass is 675 g/mol. The molecule has 0 N–H and O–H groups in total. The quantitative estimate of drug-likeness (QED) is 0.172. The van der Waals surface area contributed by atoms with Gasteiger partial charge in [0, 0.05) is 50.2 Å². The van der Waals surface area contributed by atoms with Crippen LogP contribution in [0.1, 0.15) is 0 Å². The largest absolute Gasteiger partial charge is 0.315 e. The summed E-state index contributed by atoms with van der Waals surface area (Å²) in [6.45, 7) is 0. The summed E-state index contributed by atoms with van der Waals surface area (Å²) in [5.41, 5.74) is 14.1. The van der Waals surface area contributed by atoms with E-state index in [9.17, 15) is 0 Å². The lowest BCUT2D eigenvalue weighted by Gasteiger charge is -2.17. The average Bonchev–Trinajstić information content (AvgIpc) is 3.92. The molecule has 3 heterocycles. The first kappa shape index (κ1) is 29.6. The van der Waals surface area contributed by atoms with Crippen LogP contribution in [-0.2, 0) is 0 Å². The highest BCUT2D eigenvalue weighted by Gasteiger charge is 2.20. The lowest BCUT2D eigenvalue weighted by atomic mass is 10.0. The maximum absolute atomic E-state index is 2.49. The van der Waals surface area contributed by atoms with E-state index in [0.717, 1.165) is 17.1 Å². The van der Waals surface area contributed by atoms with Crippen molar-refractivity contribution < 1.29 is 0 Å². The highest BCUT2D eigenvalue weighted by Crippen LogP contribution is 2.41. The molecule has 3 aromatic heterocycles. The Morgan fingerprint density at radius 3 is 1.55 bits per heavy atom. The van der Waals surface area contributed by atoms with Crippen LogP contribution in [-0.4, -0.2) is 13.7 Å². The maximum atomic E-state index is 2.49. The van der Waals surface area contributed by atoms with Gasteiger partial charge in [0.05, 0.1) is 27.6 Å². The first-order valence-electron chi connectivity index (χ1n) is 18.2. The molecule has 248 valence electrons. The van der Waals surface area contributed by atoms with Crippen molar-refractivity contribution in [1.82, 2.24) is 13.7 Å². The Hall–Kier alpha value is -7.10. The summed E-state index contributed by atoms with van der Waals surface area (Å²) < 4.78 is 7.29. The molecule has 0 fully saturated rings. The van der Waals surface area contributed by atoms with Gasteiger partial charge in [0.1, 0.15) is 0 Å². The molecule has 0 spiro atoms. The lowest BCUT2D eigenvalue weighted by Crippen LogP contribution is -2.01. The average molecular weight is 676 g/mol. The Balaban J connectivity index is 1.27. The molecule has 0 saturated heterocycles. The van der Waals surface area contributed by atoms with Crippen LogP contribution in [0.25, 0.3) is 93.8 Å². The summed E-state index contributed by atoms with van der Waals surface area (Å²) in [4.78, 5) is 0. The van der Waals surface area contributed by atoms with E-state index in [1.807, 2.05) is 0 Å². The van der Waals surface area contributed by atoms with Crippen LogP contribution in [0, 0.1) is 0 Å². The first-order chi connectivity index (χ1) is 26.3.